The molecule has 0 spiro atoms. The van der Waals surface area contributed by atoms with Crippen molar-refractivity contribution in [2.24, 2.45) is 5.73 Å². The largest absolute Gasteiger partial charge is 0.383 e. The molecule has 0 aliphatic rings. The molecule has 21 heavy (non-hydrogen) atoms. The lowest BCUT2D eigenvalue weighted by Gasteiger charge is -2.05. The first-order chi connectivity index (χ1) is 9.82. The first-order valence-corrected chi connectivity index (χ1v) is 5.39. The van der Waals surface area contributed by atoms with E-state index in [4.69, 9.17) is 11.5 Å². The van der Waals surface area contributed by atoms with Crippen molar-refractivity contribution in [1.82, 2.24) is 9.78 Å². The summed E-state index contributed by atoms with van der Waals surface area (Å²) in [5, 5.41) is 25.4. The van der Waals surface area contributed by atoms with E-state index < -0.39 is 27.1 Å². The maximum Gasteiger partial charge on any atom is 0.301 e. The van der Waals surface area contributed by atoms with Gasteiger partial charge in [0, 0.05) is 6.07 Å². The molecule has 0 saturated carbocycles. The minimum absolute atomic E-state index is 0.109. The molecule has 1 aromatic heterocycles. The van der Waals surface area contributed by atoms with Gasteiger partial charge in [-0.2, -0.15) is 5.10 Å². The molecule has 0 unspecified atom stereocenters. The molecule has 1 aromatic carbocycles. The lowest BCUT2D eigenvalue weighted by Crippen LogP contribution is -2.13. The van der Waals surface area contributed by atoms with E-state index in [1.165, 1.54) is 0 Å². The van der Waals surface area contributed by atoms with Gasteiger partial charge in [0.15, 0.2) is 0 Å². The highest BCUT2D eigenvalue weighted by molar-refractivity contribution is 5.97. The third kappa shape index (κ3) is 2.34. The van der Waals surface area contributed by atoms with E-state index in [1.807, 2.05) is 0 Å². The highest BCUT2D eigenvalue weighted by Crippen LogP contribution is 2.29. The third-order valence-electron chi connectivity index (χ3n) is 2.67. The van der Waals surface area contributed by atoms with Crippen molar-refractivity contribution in [3.8, 4) is 5.69 Å². The van der Waals surface area contributed by atoms with E-state index in [2.05, 4.69) is 5.10 Å². The van der Waals surface area contributed by atoms with Crippen LogP contribution in [0.1, 0.15) is 10.4 Å². The van der Waals surface area contributed by atoms with Crippen LogP contribution in [0.5, 0.6) is 0 Å². The molecule has 2 rings (SSSR count). The van der Waals surface area contributed by atoms with Gasteiger partial charge in [-0.3, -0.25) is 25.0 Å². The number of nitro groups is 2. The Balaban J connectivity index is 2.66. The van der Waals surface area contributed by atoms with Crippen molar-refractivity contribution in [2.45, 2.75) is 0 Å². The van der Waals surface area contributed by atoms with Gasteiger partial charge >= 0.3 is 5.69 Å². The van der Waals surface area contributed by atoms with Crippen molar-refractivity contribution >= 4 is 23.1 Å². The summed E-state index contributed by atoms with van der Waals surface area (Å²) in [6.45, 7) is 0. The van der Waals surface area contributed by atoms with Crippen molar-refractivity contribution in [1.29, 1.82) is 0 Å². The van der Waals surface area contributed by atoms with Gasteiger partial charge in [-0.05, 0) is 6.07 Å². The van der Waals surface area contributed by atoms with Crippen molar-refractivity contribution in [3.63, 3.8) is 0 Å². The summed E-state index contributed by atoms with van der Waals surface area (Å²) in [7, 11) is 0. The molecule has 2 aromatic rings. The number of nitrogen functional groups attached to an aromatic ring is 1. The second-order valence-corrected chi connectivity index (χ2v) is 3.91. The number of nitrogens with two attached hydrogens (primary N) is 2. The van der Waals surface area contributed by atoms with Crippen LogP contribution in [0.15, 0.2) is 24.4 Å². The monoisotopic (exact) mass is 292 g/mol. The van der Waals surface area contributed by atoms with Crippen LogP contribution in [0.2, 0.25) is 0 Å². The minimum atomic E-state index is -0.844. The van der Waals surface area contributed by atoms with E-state index in [0.29, 0.717) is 0 Å². The molecule has 0 atom stereocenters. The molecular formula is C10H8N6O5. The van der Waals surface area contributed by atoms with Gasteiger partial charge in [0.05, 0.1) is 22.1 Å². The first kappa shape index (κ1) is 13.9. The molecule has 0 aliphatic heterocycles. The summed E-state index contributed by atoms with van der Waals surface area (Å²) in [5.41, 5.74) is 9.47. The van der Waals surface area contributed by atoms with Gasteiger partial charge in [-0.1, -0.05) is 0 Å². The Bertz CT molecular complexity index is 767. The summed E-state index contributed by atoms with van der Waals surface area (Å²) < 4.78 is 0.919. The summed E-state index contributed by atoms with van der Waals surface area (Å²) in [6, 6.07) is 2.96. The minimum Gasteiger partial charge on any atom is -0.383 e. The van der Waals surface area contributed by atoms with Crippen LogP contribution in [0, 0.1) is 20.2 Å². The maximum atomic E-state index is 11.1. The molecule has 0 fully saturated rings. The zero-order valence-corrected chi connectivity index (χ0v) is 10.3. The summed E-state index contributed by atoms with van der Waals surface area (Å²) >= 11 is 0. The van der Waals surface area contributed by atoms with Crippen LogP contribution in [-0.2, 0) is 0 Å². The number of nitrogens with zero attached hydrogens (tertiary/aromatic N) is 4. The lowest BCUT2D eigenvalue weighted by molar-refractivity contribution is -0.394. The van der Waals surface area contributed by atoms with Gasteiger partial charge in [-0.15, -0.1) is 0 Å². The molecule has 0 aliphatic carbocycles. The fraction of sp³-hybridized carbons (Fsp3) is 0. The number of aromatic nitrogens is 2. The number of benzene rings is 1. The summed E-state index contributed by atoms with van der Waals surface area (Å²) in [5.74, 6) is -1.04. The molecule has 0 saturated heterocycles. The molecule has 11 heteroatoms. The maximum absolute atomic E-state index is 11.1. The lowest BCUT2D eigenvalue weighted by atomic mass is 10.2. The second-order valence-electron chi connectivity index (χ2n) is 3.91. The second kappa shape index (κ2) is 4.88. The Labute approximate surface area is 116 Å². The van der Waals surface area contributed by atoms with E-state index in [1.54, 1.807) is 0 Å². The predicted octanol–water partition coefficient (Wildman–Crippen LogP) is 0.370. The van der Waals surface area contributed by atoms with Crippen LogP contribution in [-0.4, -0.2) is 25.5 Å². The van der Waals surface area contributed by atoms with E-state index in [0.717, 1.165) is 29.1 Å². The van der Waals surface area contributed by atoms with Gasteiger partial charge in [0.25, 0.3) is 11.6 Å². The highest BCUT2D eigenvalue weighted by atomic mass is 16.6. The zero-order chi connectivity index (χ0) is 15.7. The number of hydrogen-bond acceptors (Lipinski definition) is 7. The third-order valence-corrected chi connectivity index (χ3v) is 2.67. The van der Waals surface area contributed by atoms with Crippen molar-refractivity contribution in [3.05, 3.63) is 50.2 Å². The number of primary amides is 1. The van der Waals surface area contributed by atoms with Gasteiger partial charge in [0.1, 0.15) is 17.1 Å². The number of hydrogen-bond donors (Lipinski definition) is 2. The van der Waals surface area contributed by atoms with Crippen molar-refractivity contribution < 1.29 is 14.6 Å². The fourth-order valence-electron chi connectivity index (χ4n) is 1.69. The number of carbonyl (C=O) groups is 1. The Morgan fingerprint density at radius 2 is 1.90 bits per heavy atom. The number of nitro benzene ring substituents is 2. The van der Waals surface area contributed by atoms with Gasteiger partial charge in [-0.25, -0.2) is 4.68 Å². The van der Waals surface area contributed by atoms with Gasteiger partial charge in [0.2, 0.25) is 0 Å². The molecule has 11 nitrogen and oxygen atoms in total. The SMILES string of the molecule is NC(=O)c1cnn(-c2ccc([N+](=O)[O-])cc2[N+](=O)[O-])c1N. The number of rotatable bonds is 4. The quantitative estimate of drug-likeness (QED) is 0.604. The fourth-order valence-corrected chi connectivity index (χ4v) is 1.69. The number of anilines is 1. The first-order valence-electron chi connectivity index (χ1n) is 5.39. The number of carbonyl (C=O) groups excluding carboxylic acids is 1. The predicted molar refractivity (Wildman–Crippen MR) is 69.8 cm³/mol. The van der Waals surface area contributed by atoms with E-state index in [-0.39, 0.29) is 17.1 Å². The van der Waals surface area contributed by atoms with E-state index >= 15 is 0 Å². The van der Waals surface area contributed by atoms with Crippen LogP contribution in [0.3, 0.4) is 0 Å². The smallest absolute Gasteiger partial charge is 0.301 e. The van der Waals surface area contributed by atoms with Crippen LogP contribution >= 0.6 is 0 Å². The van der Waals surface area contributed by atoms with E-state index in [9.17, 15) is 25.0 Å². The molecule has 0 bridgehead atoms. The van der Waals surface area contributed by atoms with Crippen LogP contribution in [0.25, 0.3) is 5.69 Å². The molecule has 1 heterocycles. The van der Waals surface area contributed by atoms with Crippen LogP contribution < -0.4 is 11.5 Å². The summed E-state index contributed by atoms with van der Waals surface area (Å²) in [4.78, 5) is 31.2. The Morgan fingerprint density at radius 3 is 2.38 bits per heavy atom. The molecule has 1 amide bonds. The Morgan fingerprint density at radius 1 is 1.24 bits per heavy atom. The molecule has 108 valence electrons. The Hall–Kier alpha value is -3.50. The topological polar surface area (TPSA) is 173 Å². The van der Waals surface area contributed by atoms with Crippen molar-refractivity contribution in [2.75, 3.05) is 5.73 Å². The van der Waals surface area contributed by atoms with Crippen LogP contribution in [0.4, 0.5) is 17.2 Å². The Kier molecular flexibility index (Phi) is 3.24. The normalized spacial score (nSPS) is 10.3. The molecule has 0 radical (unpaired) electrons. The summed E-state index contributed by atoms with van der Waals surface area (Å²) in [6.07, 6.45) is 1.06. The molecule has 4 N–H and O–H groups in total. The molecular weight excluding hydrogens is 284 g/mol. The number of non-ortho nitro benzene ring substituents is 1. The number of amides is 1. The zero-order valence-electron chi connectivity index (χ0n) is 10.3. The van der Waals surface area contributed by atoms with Gasteiger partial charge < -0.3 is 11.5 Å². The highest BCUT2D eigenvalue weighted by Gasteiger charge is 2.24. The average Bonchev–Trinajstić information content (AvgIpc) is 2.79. The average molecular weight is 292 g/mol. The standard InChI is InChI=1S/C10H8N6O5/c11-9-6(10(12)17)4-13-14(9)7-2-1-5(15(18)19)3-8(7)16(20)21/h1-4H,11H2,(H2,12,17).